The Kier molecular flexibility index (Phi) is 7.23. The number of hydrogen-bond donors (Lipinski definition) is 1. The third kappa shape index (κ3) is 5.66. The summed E-state index contributed by atoms with van der Waals surface area (Å²) >= 11 is 3.36. The van der Waals surface area contributed by atoms with Crippen LogP contribution >= 0.6 is 15.9 Å². The predicted molar refractivity (Wildman–Crippen MR) is 116 cm³/mol. The molecule has 28 heavy (non-hydrogen) atoms. The van der Waals surface area contributed by atoms with Crippen LogP contribution in [0.4, 0.5) is 5.69 Å². The molecule has 1 heterocycles. The molecule has 0 radical (unpaired) electrons. The molecule has 2 aromatic carbocycles. The first-order valence-electron chi connectivity index (χ1n) is 9.60. The van der Waals surface area contributed by atoms with Gasteiger partial charge in [-0.15, -0.1) is 0 Å². The number of nitrogens with one attached hydrogen (secondary N) is 1. The Morgan fingerprint density at radius 3 is 2.36 bits per heavy atom. The standard InChI is InChI=1S/C22H26BrN3O2/c1-25-12-14-26(15-13-25)20-5-3-2-4-18(20)16-24-22(28)11-10-21(27)17-6-8-19(23)9-7-17/h2-9H,10-16H2,1H3,(H,24,28). The van der Waals surface area contributed by atoms with Crippen LogP contribution in [0, 0.1) is 0 Å². The highest BCUT2D eigenvalue weighted by molar-refractivity contribution is 9.10. The van der Waals surface area contributed by atoms with Gasteiger partial charge in [0.2, 0.25) is 5.91 Å². The second kappa shape index (κ2) is 9.85. The van der Waals surface area contributed by atoms with E-state index in [4.69, 9.17) is 0 Å². The second-order valence-corrected chi connectivity index (χ2v) is 8.04. The molecule has 0 aromatic heterocycles. The SMILES string of the molecule is CN1CCN(c2ccccc2CNC(=O)CCC(=O)c2ccc(Br)cc2)CC1. The molecule has 1 saturated heterocycles. The molecule has 1 N–H and O–H groups in total. The Hall–Kier alpha value is -2.18. The Morgan fingerprint density at radius 1 is 0.964 bits per heavy atom. The van der Waals surface area contributed by atoms with Gasteiger partial charge in [0.1, 0.15) is 0 Å². The summed E-state index contributed by atoms with van der Waals surface area (Å²) < 4.78 is 0.931. The largest absolute Gasteiger partial charge is 0.369 e. The van der Waals surface area contributed by atoms with Gasteiger partial charge in [-0.2, -0.15) is 0 Å². The van der Waals surface area contributed by atoms with Crippen LogP contribution in [-0.4, -0.2) is 49.8 Å². The number of amides is 1. The van der Waals surface area contributed by atoms with Crippen molar-refractivity contribution in [2.45, 2.75) is 19.4 Å². The summed E-state index contributed by atoms with van der Waals surface area (Å²) in [6.45, 7) is 4.54. The second-order valence-electron chi connectivity index (χ2n) is 7.13. The molecule has 3 rings (SSSR count). The van der Waals surface area contributed by atoms with Crippen LogP contribution in [-0.2, 0) is 11.3 Å². The van der Waals surface area contributed by atoms with Gasteiger partial charge < -0.3 is 15.1 Å². The molecule has 5 nitrogen and oxygen atoms in total. The number of carbonyl (C=O) groups is 2. The first kappa shape index (κ1) is 20.6. The minimum atomic E-state index is -0.0985. The summed E-state index contributed by atoms with van der Waals surface area (Å²) in [5.41, 5.74) is 2.93. The number of anilines is 1. The third-order valence-corrected chi connectivity index (χ3v) is 5.59. The fraction of sp³-hybridized carbons (Fsp3) is 0.364. The molecule has 1 aliphatic heterocycles. The molecule has 0 aliphatic carbocycles. The summed E-state index contributed by atoms with van der Waals surface area (Å²) in [7, 11) is 2.14. The molecule has 148 valence electrons. The average molecular weight is 444 g/mol. The van der Waals surface area contributed by atoms with Gasteiger partial charge in [0, 0.05) is 61.3 Å². The van der Waals surface area contributed by atoms with E-state index < -0.39 is 0 Å². The molecular formula is C22H26BrN3O2. The van der Waals surface area contributed by atoms with Gasteiger partial charge in [0.25, 0.3) is 0 Å². The Bertz CT molecular complexity index is 815. The van der Waals surface area contributed by atoms with Crippen LogP contribution in [0.5, 0.6) is 0 Å². The number of likely N-dealkylation sites (N-methyl/N-ethyl adjacent to an activating group) is 1. The number of nitrogens with zero attached hydrogens (tertiary/aromatic N) is 2. The van der Waals surface area contributed by atoms with Crippen LogP contribution in [0.25, 0.3) is 0 Å². The number of para-hydroxylation sites is 1. The zero-order valence-electron chi connectivity index (χ0n) is 16.2. The van der Waals surface area contributed by atoms with Crippen LogP contribution in [0.1, 0.15) is 28.8 Å². The molecule has 1 amide bonds. The van der Waals surface area contributed by atoms with E-state index in [1.807, 2.05) is 24.3 Å². The summed E-state index contributed by atoms with van der Waals surface area (Å²) in [6.07, 6.45) is 0.416. The summed E-state index contributed by atoms with van der Waals surface area (Å²) in [6, 6.07) is 15.4. The lowest BCUT2D eigenvalue weighted by molar-refractivity contribution is -0.121. The van der Waals surface area contributed by atoms with Crippen LogP contribution in [0.2, 0.25) is 0 Å². The molecule has 0 bridgehead atoms. The maximum absolute atomic E-state index is 12.2. The smallest absolute Gasteiger partial charge is 0.220 e. The van der Waals surface area contributed by atoms with Crippen molar-refractivity contribution in [3.63, 3.8) is 0 Å². The van der Waals surface area contributed by atoms with E-state index >= 15 is 0 Å². The Balaban J connectivity index is 1.51. The minimum Gasteiger partial charge on any atom is -0.369 e. The molecular weight excluding hydrogens is 418 g/mol. The maximum Gasteiger partial charge on any atom is 0.220 e. The quantitative estimate of drug-likeness (QED) is 0.665. The fourth-order valence-corrected chi connectivity index (χ4v) is 3.57. The summed E-state index contributed by atoms with van der Waals surface area (Å²) in [4.78, 5) is 29.2. The van der Waals surface area contributed by atoms with Gasteiger partial charge in [-0.25, -0.2) is 0 Å². The Labute approximate surface area is 174 Å². The average Bonchev–Trinajstić information content (AvgIpc) is 2.72. The molecule has 0 unspecified atom stereocenters. The van der Waals surface area contributed by atoms with Crippen molar-refractivity contribution in [1.29, 1.82) is 0 Å². The predicted octanol–water partition coefficient (Wildman–Crippen LogP) is 3.48. The highest BCUT2D eigenvalue weighted by Gasteiger charge is 2.17. The van der Waals surface area contributed by atoms with Crippen molar-refractivity contribution < 1.29 is 9.59 Å². The van der Waals surface area contributed by atoms with Gasteiger partial charge in [-0.3, -0.25) is 9.59 Å². The minimum absolute atomic E-state index is 0.0134. The highest BCUT2D eigenvalue weighted by atomic mass is 79.9. The number of piperazine rings is 1. The molecule has 0 spiro atoms. The number of rotatable bonds is 7. The number of hydrogen-bond acceptors (Lipinski definition) is 4. The monoisotopic (exact) mass is 443 g/mol. The molecule has 0 saturated carbocycles. The van der Waals surface area contributed by atoms with Crippen molar-refractivity contribution in [3.05, 3.63) is 64.1 Å². The molecule has 1 fully saturated rings. The number of halogens is 1. The first-order valence-corrected chi connectivity index (χ1v) is 10.4. The van der Waals surface area contributed by atoms with E-state index in [0.29, 0.717) is 12.1 Å². The third-order valence-electron chi connectivity index (χ3n) is 5.06. The zero-order chi connectivity index (χ0) is 19.9. The van der Waals surface area contributed by atoms with Crippen molar-refractivity contribution in [2.75, 3.05) is 38.1 Å². The number of carbonyl (C=O) groups excluding carboxylic acids is 2. The Morgan fingerprint density at radius 2 is 1.64 bits per heavy atom. The van der Waals surface area contributed by atoms with Gasteiger partial charge in [0.15, 0.2) is 5.78 Å². The molecule has 1 aliphatic rings. The number of ketones is 1. The highest BCUT2D eigenvalue weighted by Crippen LogP contribution is 2.21. The fourth-order valence-electron chi connectivity index (χ4n) is 3.31. The number of benzene rings is 2. The van der Waals surface area contributed by atoms with Crippen LogP contribution in [0.15, 0.2) is 53.0 Å². The van der Waals surface area contributed by atoms with Crippen molar-refractivity contribution in [1.82, 2.24) is 10.2 Å². The lowest BCUT2D eigenvalue weighted by atomic mass is 10.1. The van der Waals surface area contributed by atoms with Gasteiger partial charge in [-0.1, -0.05) is 46.3 Å². The van der Waals surface area contributed by atoms with Crippen LogP contribution in [0.3, 0.4) is 0 Å². The maximum atomic E-state index is 12.2. The number of Topliss-reactive ketones (excluding diaryl/α,β-unsaturated/α-hetero) is 1. The van der Waals surface area contributed by atoms with Crippen molar-refractivity contribution in [3.8, 4) is 0 Å². The summed E-state index contributed by atoms with van der Waals surface area (Å²) in [5.74, 6) is -0.112. The van der Waals surface area contributed by atoms with Gasteiger partial charge >= 0.3 is 0 Å². The van der Waals surface area contributed by atoms with E-state index in [2.05, 4.69) is 50.2 Å². The zero-order valence-corrected chi connectivity index (χ0v) is 17.7. The lowest BCUT2D eigenvalue weighted by Crippen LogP contribution is -2.45. The van der Waals surface area contributed by atoms with Gasteiger partial charge in [0.05, 0.1) is 0 Å². The lowest BCUT2D eigenvalue weighted by Gasteiger charge is -2.35. The van der Waals surface area contributed by atoms with Crippen molar-refractivity contribution in [2.24, 2.45) is 0 Å². The molecule has 6 heteroatoms. The van der Waals surface area contributed by atoms with E-state index in [9.17, 15) is 9.59 Å². The molecule has 2 aromatic rings. The topological polar surface area (TPSA) is 52.6 Å². The summed E-state index contributed by atoms with van der Waals surface area (Å²) in [5, 5.41) is 2.97. The van der Waals surface area contributed by atoms with Crippen LogP contribution < -0.4 is 10.2 Å². The molecule has 0 atom stereocenters. The van der Waals surface area contributed by atoms with E-state index in [1.54, 1.807) is 12.1 Å². The normalized spacial score (nSPS) is 14.7. The first-order chi connectivity index (χ1) is 13.5. The van der Waals surface area contributed by atoms with E-state index in [-0.39, 0.29) is 24.5 Å². The van der Waals surface area contributed by atoms with E-state index in [1.165, 1.54) is 5.69 Å². The van der Waals surface area contributed by atoms with Crippen molar-refractivity contribution >= 4 is 33.3 Å². The van der Waals surface area contributed by atoms with Gasteiger partial charge in [-0.05, 0) is 30.8 Å². The van der Waals surface area contributed by atoms with E-state index in [0.717, 1.165) is 36.2 Å².